The normalized spacial score (nSPS) is 15.2. The summed E-state index contributed by atoms with van der Waals surface area (Å²) >= 11 is 2.23. The number of aromatic nitrogens is 2. The molecule has 1 saturated heterocycles. The van der Waals surface area contributed by atoms with E-state index in [9.17, 15) is 4.79 Å². The summed E-state index contributed by atoms with van der Waals surface area (Å²) in [4.78, 5) is 25.9. The first-order valence-electron chi connectivity index (χ1n) is 8.88. The van der Waals surface area contributed by atoms with Crippen LogP contribution in [0, 0.1) is 3.57 Å². The predicted octanol–water partition coefficient (Wildman–Crippen LogP) is 2.77. The second kappa shape index (κ2) is 7.77. The largest absolute Gasteiger partial charge is 0.383 e. The Kier molecular flexibility index (Phi) is 5.22. The van der Waals surface area contributed by atoms with Gasteiger partial charge in [-0.15, -0.1) is 0 Å². The van der Waals surface area contributed by atoms with E-state index in [0.29, 0.717) is 25.5 Å². The summed E-state index contributed by atoms with van der Waals surface area (Å²) in [5.41, 5.74) is 7.70. The fourth-order valence-electron chi connectivity index (χ4n) is 3.33. The van der Waals surface area contributed by atoms with Crippen LogP contribution in [0.3, 0.4) is 0 Å². The summed E-state index contributed by atoms with van der Waals surface area (Å²) in [5, 5.41) is 0.883. The highest BCUT2D eigenvalue weighted by molar-refractivity contribution is 14.1. The van der Waals surface area contributed by atoms with Crippen molar-refractivity contribution in [2.45, 2.75) is 6.54 Å². The van der Waals surface area contributed by atoms with Crippen molar-refractivity contribution in [3.8, 4) is 0 Å². The number of anilines is 1. The SMILES string of the molecule is Nc1nc(CN2CCN(C(=O)c3cccc(I)c3)CC2)nc2ccccc12. The molecule has 2 heterocycles. The van der Waals surface area contributed by atoms with Crippen LogP contribution in [0.15, 0.2) is 48.5 Å². The number of para-hydroxylation sites is 1. The van der Waals surface area contributed by atoms with Gasteiger partial charge in [-0.05, 0) is 52.9 Å². The van der Waals surface area contributed by atoms with Crippen molar-refractivity contribution < 1.29 is 4.79 Å². The molecule has 138 valence electrons. The second-order valence-corrected chi connectivity index (χ2v) is 7.87. The minimum atomic E-state index is 0.0966. The van der Waals surface area contributed by atoms with Gasteiger partial charge in [-0.3, -0.25) is 9.69 Å². The highest BCUT2D eigenvalue weighted by Gasteiger charge is 2.23. The third-order valence-corrected chi connectivity index (χ3v) is 5.45. The van der Waals surface area contributed by atoms with Crippen molar-refractivity contribution in [3.63, 3.8) is 0 Å². The summed E-state index contributed by atoms with van der Waals surface area (Å²) in [5.74, 6) is 1.34. The number of nitrogens with zero attached hydrogens (tertiary/aromatic N) is 4. The molecule has 1 fully saturated rings. The van der Waals surface area contributed by atoms with Crippen LogP contribution in [0.4, 0.5) is 5.82 Å². The summed E-state index contributed by atoms with van der Waals surface area (Å²) in [6, 6.07) is 15.5. The van der Waals surface area contributed by atoms with Crippen molar-refractivity contribution >= 4 is 45.2 Å². The number of benzene rings is 2. The number of piperazine rings is 1. The van der Waals surface area contributed by atoms with E-state index in [2.05, 4.69) is 37.5 Å². The third-order valence-electron chi connectivity index (χ3n) is 4.78. The zero-order valence-corrected chi connectivity index (χ0v) is 17.0. The maximum Gasteiger partial charge on any atom is 0.253 e. The van der Waals surface area contributed by atoms with E-state index >= 15 is 0 Å². The number of amides is 1. The van der Waals surface area contributed by atoms with E-state index in [1.54, 1.807) is 0 Å². The molecule has 7 heteroatoms. The van der Waals surface area contributed by atoms with Gasteiger partial charge in [0, 0.05) is 40.7 Å². The van der Waals surface area contributed by atoms with E-state index in [4.69, 9.17) is 5.73 Å². The number of hydrogen-bond donors (Lipinski definition) is 1. The average molecular weight is 473 g/mol. The number of halogens is 1. The lowest BCUT2D eigenvalue weighted by Gasteiger charge is -2.34. The van der Waals surface area contributed by atoms with E-state index in [1.165, 1.54) is 0 Å². The van der Waals surface area contributed by atoms with Gasteiger partial charge in [0.05, 0.1) is 12.1 Å². The minimum Gasteiger partial charge on any atom is -0.383 e. The molecule has 0 saturated carbocycles. The lowest BCUT2D eigenvalue weighted by molar-refractivity contribution is 0.0625. The van der Waals surface area contributed by atoms with Crippen molar-refractivity contribution in [1.82, 2.24) is 19.8 Å². The van der Waals surface area contributed by atoms with Gasteiger partial charge in [0.1, 0.15) is 11.6 Å². The first kappa shape index (κ1) is 18.1. The molecular formula is C20H20IN5O. The fourth-order valence-corrected chi connectivity index (χ4v) is 3.88. The number of hydrogen-bond acceptors (Lipinski definition) is 5. The van der Waals surface area contributed by atoms with Gasteiger partial charge in [-0.2, -0.15) is 0 Å². The Balaban J connectivity index is 1.40. The van der Waals surface area contributed by atoms with Crippen LogP contribution >= 0.6 is 22.6 Å². The van der Waals surface area contributed by atoms with Gasteiger partial charge in [0.2, 0.25) is 0 Å². The Hall–Kier alpha value is -2.26. The van der Waals surface area contributed by atoms with Gasteiger partial charge in [-0.1, -0.05) is 18.2 Å². The Morgan fingerprint density at radius 3 is 2.59 bits per heavy atom. The Morgan fingerprint density at radius 1 is 1.04 bits per heavy atom. The Morgan fingerprint density at radius 2 is 1.81 bits per heavy atom. The molecule has 4 rings (SSSR count). The number of carbonyl (C=O) groups is 1. The van der Waals surface area contributed by atoms with Gasteiger partial charge < -0.3 is 10.6 Å². The fraction of sp³-hybridized carbons (Fsp3) is 0.250. The number of fused-ring (bicyclic) bond motifs is 1. The summed E-state index contributed by atoms with van der Waals surface area (Å²) < 4.78 is 1.07. The maximum atomic E-state index is 12.7. The molecular weight excluding hydrogens is 453 g/mol. The quantitative estimate of drug-likeness (QED) is 0.593. The van der Waals surface area contributed by atoms with Crippen LogP contribution in [-0.4, -0.2) is 51.9 Å². The molecule has 1 aliphatic heterocycles. The zero-order chi connectivity index (χ0) is 18.8. The Labute approximate surface area is 171 Å². The molecule has 2 aromatic carbocycles. The summed E-state index contributed by atoms with van der Waals surface area (Å²) in [6.07, 6.45) is 0. The average Bonchev–Trinajstić information content (AvgIpc) is 2.68. The van der Waals surface area contributed by atoms with Crippen molar-refractivity contribution in [2.24, 2.45) is 0 Å². The van der Waals surface area contributed by atoms with E-state index in [0.717, 1.165) is 39.0 Å². The zero-order valence-electron chi connectivity index (χ0n) is 14.8. The van der Waals surface area contributed by atoms with Crippen LogP contribution < -0.4 is 5.73 Å². The van der Waals surface area contributed by atoms with Gasteiger partial charge in [-0.25, -0.2) is 9.97 Å². The molecule has 0 unspecified atom stereocenters. The lowest BCUT2D eigenvalue weighted by atomic mass is 10.2. The first-order valence-corrected chi connectivity index (χ1v) is 9.96. The first-order chi connectivity index (χ1) is 13.1. The predicted molar refractivity (Wildman–Crippen MR) is 114 cm³/mol. The number of carbonyl (C=O) groups excluding carboxylic acids is 1. The molecule has 0 bridgehead atoms. The number of nitrogen functional groups attached to an aromatic ring is 1. The molecule has 3 aromatic rings. The van der Waals surface area contributed by atoms with Gasteiger partial charge in [0.15, 0.2) is 0 Å². The molecule has 6 nitrogen and oxygen atoms in total. The van der Waals surface area contributed by atoms with E-state index in [1.807, 2.05) is 53.4 Å². The molecule has 0 radical (unpaired) electrons. The van der Waals surface area contributed by atoms with E-state index < -0.39 is 0 Å². The Bertz CT molecular complexity index is 985. The highest BCUT2D eigenvalue weighted by Crippen LogP contribution is 2.18. The third kappa shape index (κ3) is 4.03. The smallest absolute Gasteiger partial charge is 0.253 e. The van der Waals surface area contributed by atoms with Crippen molar-refractivity contribution in [1.29, 1.82) is 0 Å². The van der Waals surface area contributed by atoms with Gasteiger partial charge in [0.25, 0.3) is 5.91 Å². The lowest BCUT2D eigenvalue weighted by Crippen LogP contribution is -2.48. The molecule has 2 N–H and O–H groups in total. The van der Waals surface area contributed by atoms with Crippen LogP contribution in [-0.2, 0) is 6.54 Å². The number of rotatable bonds is 3. The molecule has 1 aromatic heterocycles. The van der Waals surface area contributed by atoms with Crippen LogP contribution in [0.5, 0.6) is 0 Å². The van der Waals surface area contributed by atoms with Crippen molar-refractivity contribution in [3.05, 3.63) is 63.5 Å². The summed E-state index contributed by atoms with van der Waals surface area (Å²) in [7, 11) is 0. The molecule has 0 atom stereocenters. The minimum absolute atomic E-state index is 0.0966. The summed E-state index contributed by atoms with van der Waals surface area (Å²) in [6.45, 7) is 3.64. The maximum absolute atomic E-state index is 12.7. The standard InChI is InChI=1S/C20H20IN5O/c21-15-5-3-4-14(12-15)20(27)26-10-8-25(9-11-26)13-18-23-17-7-2-1-6-16(17)19(22)24-18/h1-7,12H,8-11,13H2,(H2,22,23,24). The van der Waals surface area contributed by atoms with E-state index in [-0.39, 0.29) is 5.91 Å². The molecule has 1 amide bonds. The van der Waals surface area contributed by atoms with Gasteiger partial charge >= 0.3 is 0 Å². The molecule has 0 aliphatic carbocycles. The van der Waals surface area contributed by atoms with Crippen LogP contribution in [0.2, 0.25) is 0 Å². The second-order valence-electron chi connectivity index (χ2n) is 6.62. The highest BCUT2D eigenvalue weighted by atomic mass is 127. The molecule has 1 aliphatic rings. The topological polar surface area (TPSA) is 75.3 Å². The monoisotopic (exact) mass is 473 g/mol. The molecule has 0 spiro atoms. The van der Waals surface area contributed by atoms with Crippen LogP contribution in [0.25, 0.3) is 10.9 Å². The molecule has 27 heavy (non-hydrogen) atoms. The number of nitrogens with two attached hydrogens (primary N) is 1. The van der Waals surface area contributed by atoms with Crippen LogP contribution in [0.1, 0.15) is 16.2 Å². The van der Waals surface area contributed by atoms with Crippen molar-refractivity contribution in [2.75, 3.05) is 31.9 Å².